The van der Waals surface area contributed by atoms with E-state index in [-0.39, 0.29) is 0 Å². The van der Waals surface area contributed by atoms with Gasteiger partial charge in [0.2, 0.25) is 0 Å². The second kappa shape index (κ2) is 7.31. The first-order valence-electron chi connectivity index (χ1n) is 6.63. The summed E-state index contributed by atoms with van der Waals surface area (Å²) < 4.78 is 0. The van der Waals surface area contributed by atoms with Gasteiger partial charge in [-0.3, -0.25) is 0 Å². The predicted molar refractivity (Wildman–Crippen MR) is 64.3 cm³/mol. The van der Waals surface area contributed by atoms with E-state index in [1.807, 2.05) is 0 Å². The molecule has 1 atom stereocenters. The van der Waals surface area contributed by atoms with Crippen molar-refractivity contribution in [3.8, 4) is 0 Å². The molecule has 0 spiro atoms. The molecule has 0 N–H and O–H groups in total. The van der Waals surface area contributed by atoms with Gasteiger partial charge in [-0.25, -0.2) is 0 Å². The minimum absolute atomic E-state index is 0.884. The molecule has 14 heavy (non-hydrogen) atoms. The maximum Gasteiger partial charge on any atom is -0.0244 e. The first-order chi connectivity index (χ1) is 6.80. The van der Waals surface area contributed by atoms with E-state index in [0.29, 0.717) is 0 Å². The lowest BCUT2D eigenvalue weighted by Crippen LogP contribution is -2.06. The van der Waals surface area contributed by atoms with Gasteiger partial charge in [-0.2, -0.15) is 0 Å². The van der Waals surface area contributed by atoms with Crippen molar-refractivity contribution in [3.63, 3.8) is 0 Å². The zero-order valence-electron chi connectivity index (χ0n) is 10.1. The van der Waals surface area contributed by atoms with Gasteiger partial charge in [-0.05, 0) is 18.3 Å². The molecule has 1 fully saturated rings. The van der Waals surface area contributed by atoms with Gasteiger partial charge in [-0.1, -0.05) is 71.6 Å². The van der Waals surface area contributed by atoms with Crippen molar-refractivity contribution < 1.29 is 0 Å². The van der Waals surface area contributed by atoms with Crippen LogP contribution >= 0.6 is 0 Å². The molecule has 1 aliphatic rings. The lowest BCUT2D eigenvalue weighted by Gasteiger charge is -2.19. The second-order valence-electron chi connectivity index (χ2n) is 5.11. The molecule has 0 aromatic heterocycles. The first-order valence-corrected chi connectivity index (χ1v) is 6.63. The highest BCUT2D eigenvalue weighted by Gasteiger charge is 2.12. The van der Waals surface area contributed by atoms with Crippen LogP contribution in [0.3, 0.4) is 0 Å². The summed E-state index contributed by atoms with van der Waals surface area (Å²) in [6, 6.07) is 0. The Morgan fingerprint density at radius 1 is 0.786 bits per heavy atom. The fourth-order valence-electron chi connectivity index (χ4n) is 2.41. The molecule has 1 aliphatic carbocycles. The van der Waals surface area contributed by atoms with Crippen LogP contribution in [0.15, 0.2) is 0 Å². The Balaban J connectivity index is 2.23. The van der Waals surface area contributed by atoms with Gasteiger partial charge < -0.3 is 0 Å². The summed E-state index contributed by atoms with van der Waals surface area (Å²) in [6.07, 6.45) is 14.6. The molecule has 0 saturated heterocycles. The minimum Gasteiger partial charge on any atom is -0.0620 e. The molecule has 0 aliphatic heterocycles. The van der Waals surface area contributed by atoms with E-state index in [1.165, 1.54) is 64.2 Å². The highest BCUT2D eigenvalue weighted by Crippen LogP contribution is 2.26. The SMILES string of the molecule is C[C]1CCCCCCCCCCC1C. The molecular weight excluding hydrogens is 168 g/mol. The normalized spacial score (nSPS) is 29.1. The number of hydrogen-bond donors (Lipinski definition) is 0. The number of hydrogen-bond acceptors (Lipinski definition) is 0. The van der Waals surface area contributed by atoms with Crippen molar-refractivity contribution in [3.05, 3.63) is 5.92 Å². The Morgan fingerprint density at radius 2 is 1.29 bits per heavy atom. The average Bonchev–Trinajstić information content (AvgIpc) is 2.18. The molecular formula is C14H27. The third kappa shape index (κ3) is 5.02. The second-order valence-corrected chi connectivity index (χ2v) is 5.11. The van der Waals surface area contributed by atoms with Gasteiger partial charge in [0.15, 0.2) is 0 Å². The summed E-state index contributed by atoms with van der Waals surface area (Å²) >= 11 is 0. The minimum atomic E-state index is 0.884. The van der Waals surface area contributed by atoms with Crippen LogP contribution in [-0.2, 0) is 0 Å². The van der Waals surface area contributed by atoms with Crippen LogP contribution in [0.25, 0.3) is 0 Å². The molecule has 0 heterocycles. The Labute approximate surface area is 90.5 Å². The van der Waals surface area contributed by atoms with Crippen molar-refractivity contribution in [1.82, 2.24) is 0 Å². The van der Waals surface area contributed by atoms with E-state index >= 15 is 0 Å². The van der Waals surface area contributed by atoms with E-state index < -0.39 is 0 Å². The fraction of sp³-hybridized carbons (Fsp3) is 0.929. The largest absolute Gasteiger partial charge is 0.0620 e. The Morgan fingerprint density at radius 3 is 1.93 bits per heavy atom. The van der Waals surface area contributed by atoms with Gasteiger partial charge in [0.1, 0.15) is 0 Å². The Hall–Kier alpha value is 0. The average molecular weight is 195 g/mol. The van der Waals surface area contributed by atoms with E-state index in [1.54, 1.807) is 5.92 Å². The molecule has 1 rings (SSSR count). The predicted octanol–water partition coefficient (Wildman–Crippen LogP) is 5.13. The van der Waals surface area contributed by atoms with Crippen LogP contribution < -0.4 is 0 Å². The fourth-order valence-corrected chi connectivity index (χ4v) is 2.41. The van der Waals surface area contributed by atoms with Gasteiger partial charge >= 0.3 is 0 Å². The molecule has 0 aromatic carbocycles. The Kier molecular flexibility index (Phi) is 6.31. The van der Waals surface area contributed by atoms with Gasteiger partial charge in [-0.15, -0.1) is 0 Å². The maximum atomic E-state index is 2.42. The summed E-state index contributed by atoms with van der Waals surface area (Å²) in [5.74, 6) is 2.64. The van der Waals surface area contributed by atoms with E-state index in [2.05, 4.69) is 13.8 Å². The zero-order valence-corrected chi connectivity index (χ0v) is 10.1. The van der Waals surface area contributed by atoms with Crippen molar-refractivity contribution in [1.29, 1.82) is 0 Å². The summed E-state index contributed by atoms with van der Waals surface area (Å²) in [7, 11) is 0. The molecule has 0 heteroatoms. The monoisotopic (exact) mass is 195 g/mol. The van der Waals surface area contributed by atoms with Crippen molar-refractivity contribution in [2.45, 2.75) is 78.1 Å². The molecule has 0 amide bonds. The Bertz CT molecular complexity index is 112. The van der Waals surface area contributed by atoms with Gasteiger partial charge in [0, 0.05) is 0 Å². The summed E-state index contributed by atoms with van der Waals surface area (Å²) in [5.41, 5.74) is 0. The molecule has 0 aromatic rings. The van der Waals surface area contributed by atoms with Crippen molar-refractivity contribution in [2.75, 3.05) is 0 Å². The molecule has 0 bridgehead atoms. The van der Waals surface area contributed by atoms with Crippen molar-refractivity contribution in [2.24, 2.45) is 5.92 Å². The highest BCUT2D eigenvalue weighted by molar-refractivity contribution is 4.89. The third-order valence-electron chi connectivity index (χ3n) is 3.80. The summed E-state index contributed by atoms with van der Waals surface area (Å²) in [4.78, 5) is 0. The van der Waals surface area contributed by atoms with E-state index in [4.69, 9.17) is 0 Å². The summed E-state index contributed by atoms with van der Waals surface area (Å²) in [6.45, 7) is 4.79. The van der Waals surface area contributed by atoms with Crippen LogP contribution in [0.5, 0.6) is 0 Å². The van der Waals surface area contributed by atoms with Crippen LogP contribution in [0.1, 0.15) is 78.1 Å². The molecule has 1 radical (unpaired) electrons. The quantitative estimate of drug-likeness (QED) is 0.502. The molecule has 1 unspecified atom stereocenters. The van der Waals surface area contributed by atoms with Gasteiger partial charge in [0.25, 0.3) is 0 Å². The van der Waals surface area contributed by atoms with Crippen molar-refractivity contribution >= 4 is 0 Å². The first kappa shape index (κ1) is 12.1. The van der Waals surface area contributed by atoms with E-state index in [9.17, 15) is 0 Å². The highest BCUT2D eigenvalue weighted by atomic mass is 14.2. The van der Waals surface area contributed by atoms with Gasteiger partial charge in [0.05, 0.1) is 0 Å². The maximum absolute atomic E-state index is 2.42. The lowest BCUT2D eigenvalue weighted by atomic mass is 9.86. The van der Waals surface area contributed by atoms with Crippen LogP contribution in [-0.4, -0.2) is 0 Å². The smallest absolute Gasteiger partial charge is 0.0244 e. The standard InChI is InChI=1S/C14H27/c1-13-11-9-7-5-3-4-6-8-10-12-14(13)2/h13H,3-12H2,1-2H3. The zero-order chi connectivity index (χ0) is 10.2. The molecule has 1 saturated carbocycles. The van der Waals surface area contributed by atoms with Crippen LogP contribution in [0.4, 0.5) is 0 Å². The van der Waals surface area contributed by atoms with Crippen LogP contribution in [0, 0.1) is 11.8 Å². The van der Waals surface area contributed by atoms with Crippen LogP contribution in [0.2, 0.25) is 0 Å². The number of rotatable bonds is 0. The topological polar surface area (TPSA) is 0 Å². The van der Waals surface area contributed by atoms with E-state index in [0.717, 1.165) is 5.92 Å². The third-order valence-corrected chi connectivity index (χ3v) is 3.80. The lowest BCUT2D eigenvalue weighted by molar-refractivity contribution is 0.450. The molecule has 83 valence electrons. The molecule has 0 nitrogen and oxygen atoms in total. The summed E-state index contributed by atoms with van der Waals surface area (Å²) in [5, 5.41) is 0.